The van der Waals surface area contributed by atoms with Crippen LogP contribution in [0.3, 0.4) is 0 Å². The summed E-state index contributed by atoms with van der Waals surface area (Å²) in [5.74, 6) is 2.67. The van der Waals surface area contributed by atoms with Crippen LogP contribution in [0.2, 0.25) is 0 Å². The second-order valence-corrected chi connectivity index (χ2v) is 9.25. The molecule has 1 unspecified atom stereocenters. The number of thiazole rings is 1. The molecule has 0 bridgehead atoms. The van der Waals surface area contributed by atoms with Gasteiger partial charge in [0, 0.05) is 49.4 Å². The number of hydrogen-bond acceptors (Lipinski definition) is 6. The van der Waals surface area contributed by atoms with Gasteiger partial charge in [0.2, 0.25) is 0 Å². The van der Waals surface area contributed by atoms with Gasteiger partial charge in [0.15, 0.2) is 0 Å². The van der Waals surface area contributed by atoms with E-state index in [1.807, 2.05) is 5.51 Å². The Labute approximate surface area is 147 Å². The summed E-state index contributed by atoms with van der Waals surface area (Å²) in [6, 6.07) is 0.804. The summed E-state index contributed by atoms with van der Waals surface area (Å²) < 4.78 is 6.32. The Morgan fingerprint density at radius 2 is 2.22 bits per heavy atom. The molecule has 3 aliphatic rings. The first kappa shape index (κ1) is 16.3. The number of morpholine rings is 1. The number of hydrogen-bond donors (Lipinski definition) is 0. The maximum absolute atomic E-state index is 6.32. The van der Waals surface area contributed by atoms with Crippen molar-refractivity contribution in [3.05, 3.63) is 16.1 Å². The molecule has 0 aromatic carbocycles. The zero-order valence-electron chi connectivity index (χ0n) is 14.0. The maximum atomic E-state index is 6.32. The Bertz CT molecular complexity index is 522. The van der Waals surface area contributed by atoms with E-state index >= 15 is 0 Å². The van der Waals surface area contributed by atoms with Gasteiger partial charge in [-0.25, -0.2) is 4.98 Å². The van der Waals surface area contributed by atoms with Crippen LogP contribution in [0.4, 0.5) is 0 Å². The van der Waals surface area contributed by atoms with Crippen molar-refractivity contribution in [1.82, 2.24) is 14.8 Å². The van der Waals surface area contributed by atoms with Crippen LogP contribution in [0, 0.1) is 6.92 Å². The molecular formula is C17H27N3OS2. The highest BCUT2D eigenvalue weighted by Gasteiger charge is 2.41. The Hall–Kier alpha value is -0.140. The van der Waals surface area contributed by atoms with Gasteiger partial charge in [0.1, 0.15) is 0 Å². The molecule has 1 aromatic rings. The van der Waals surface area contributed by atoms with E-state index in [1.54, 1.807) is 11.3 Å². The second-order valence-electron chi connectivity index (χ2n) is 7.16. The average Bonchev–Trinajstić information content (AvgIpc) is 3.23. The number of likely N-dealkylation sites (tertiary alicyclic amines) is 1. The molecule has 4 heterocycles. The predicted molar refractivity (Wildman–Crippen MR) is 97.3 cm³/mol. The summed E-state index contributed by atoms with van der Waals surface area (Å²) in [7, 11) is 0. The van der Waals surface area contributed by atoms with Gasteiger partial charge in [-0.15, -0.1) is 11.3 Å². The van der Waals surface area contributed by atoms with Crippen molar-refractivity contribution in [2.24, 2.45) is 0 Å². The van der Waals surface area contributed by atoms with Crippen molar-refractivity contribution in [2.75, 3.05) is 44.3 Å². The molecule has 0 amide bonds. The average molecular weight is 354 g/mol. The topological polar surface area (TPSA) is 28.6 Å². The van der Waals surface area contributed by atoms with Gasteiger partial charge in [0.05, 0.1) is 23.4 Å². The van der Waals surface area contributed by atoms with Crippen LogP contribution in [0.15, 0.2) is 5.51 Å². The summed E-state index contributed by atoms with van der Waals surface area (Å²) in [6.07, 6.45) is 3.74. The van der Waals surface area contributed by atoms with Crippen molar-refractivity contribution >= 4 is 23.1 Å². The third kappa shape index (κ3) is 3.61. The number of ether oxygens (including phenoxy) is 1. The number of piperidine rings is 1. The molecule has 23 heavy (non-hydrogen) atoms. The van der Waals surface area contributed by atoms with E-state index in [2.05, 4.69) is 33.5 Å². The van der Waals surface area contributed by atoms with Gasteiger partial charge in [-0.3, -0.25) is 9.80 Å². The largest absolute Gasteiger partial charge is 0.372 e. The Kier molecular flexibility index (Phi) is 4.97. The molecule has 0 saturated carbocycles. The number of aryl methyl sites for hydroxylation is 1. The van der Waals surface area contributed by atoms with Crippen LogP contribution < -0.4 is 0 Å². The van der Waals surface area contributed by atoms with Crippen molar-refractivity contribution in [3.8, 4) is 0 Å². The molecule has 3 saturated heterocycles. The molecule has 4 nitrogen and oxygen atoms in total. The van der Waals surface area contributed by atoms with Crippen LogP contribution in [-0.2, 0) is 11.3 Å². The van der Waals surface area contributed by atoms with Crippen LogP contribution in [0.5, 0.6) is 0 Å². The quantitative estimate of drug-likeness (QED) is 0.833. The smallest absolute Gasteiger partial charge is 0.0833 e. The van der Waals surface area contributed by atoms with Crippen molar-refractivity contribution in [3.63, 3.8) is 0 Å². The molecule has 1 aromatic heterocycles. The lowest BCUT2D eigenvalue weighted by Crippen LogP contribution is -2.58. The van der Waals surface area contributed by atoms with Crippen LogP contribution in [0.25, 0.3) is 0 Å². The summed E-state index contributed by atoms with van der Waals surface area (Å²) in [5.41, 5.74) is 3.30. The first-order valence-corrected chi connectivity index (χ1v) is 10.8. The Morgan fingerprint density at radius 1 is 1.35 bits per heavy atom. The molecule has 0 radical (unpaired) electrons. The molecule has 128 valence electrons. The fourth-order valence-corrected chi connectivity index (χ4v) is 6.17. The molecule has 1 atom stereocenters. The number of nitrogens with zero attached hydrogens (tertiary/aromatic N) is 3. The van der Waals surface area contributed by atoms with Gasteiger partial charge in [-0.05, 0) is 31.9 Å². The van der Waals surface area contributed by atoms with E-state index in [4.69, 9.17) is 4.74 Å². The molecule has 0 aliphatic carbocycles. The zero-order chi connectivity index (χ0) is 15.7. The fraction of sp³-hybridized carbons (Fsp3) is 0.824. The standard InChI is InChI=1S/C17H27N3OS2/c1-14-16(23-13-18-14)10-19-5-3-17(4-6-19)12-20(7-8-21-17)15-2-9-22-11-15/h13,15H,2-12H2,1H3. The van der Waals surface area contributed by atoms with E-state index in [0.29, 0.717) is 0 Å². The van der Waals surface area contributed by atoms with E-state index < -0.39 is 0 Å². The third-order valence-electron chi connectivity index (χ3n) is 5.68. The highest BCUT2D eigenvalue weighted by molar-refractivity contribution is 7.99. The molecule has 0 N–H and O–H groups in total. The van der Waals surface area contributed by atoms with Gasteiger partial charge in [-0.2, -0.15) is 11.8 Å². The third-order valence-corrected chi connectivity index (χ3v) is 7.74. The lowest BCUT2D eigenvalue weighted by Gasteiger charge is -2.48. The summed E-state index contributed by atoms with van der Waals surface area (Å²) in [6.45, 7) is 8.72. The highest BCUT2D eigenvalue weighted by Crippen LogP contribution is 2.34. The van der Waals surface area contributed by atoms with E-state index in [-0.39, 0.29) is 5.60 Å². The van der Waals surface area contributed by atoms with E-state index in [9.17, 15) is 0 Å². The van der Waals surface area contributed by atoms with E-state index in [0.717, 1.165) is 45.4 Å². The number of rotatable bonds is 3. The molecule has 6 heteroatoms. The summed E-state index contributed by atoms with van der Waals surface area (Å²) >= 11 is 3.91. The minimum absolute atomic E-state index is 0.130. The van der Waals surface area contributed by atoms with Gasteiger partial charge < -0.3 is 4.74 Å². The number of aromatic nitrogens is 1. The van der Waals surface area contributed by atoms with Gasteiger partial charge >= 0.3 is 0 Å². The predicted octanol–water partition coefficient (Wildman–Crippen LogP) is 2.62. The van der Waals surface area contributed by atoms with E-state index in [1.165, 1.54) is 41.3 Å². The van der Waals surface area contributed by atoms with Crippen LogP contribution >= 0.6 is 23.1 Å². The molecular weight excluding hydrogens is 326 g/mol. The van der Waals surface area contributed by atoms with Gasteiger partial charge in [-0.1, -0.05) is 0 Å². The normalized spacial score (nSPS) is 29.3. The lowest BCUT2D eigenvalue weighted by molar-refractivity contribution is -0.142. The fourth-order valence-electron chi connectivity index (χ4n) is 4.10. The van der Waals surface area contributed by atoms with Crippen LogP contribution in [0.1, 0.15) is 29.8 Å². The first-order valence-electron chi connectivity index (χ1n) is 8.81. The molecule has 1 spiro atoms. The molecule has 3 fully saturated rings. The minimum Gasteiger partial charge on any atom is -0.372 e. The summed E-state index contributed by atoms with van der Waals surface area (Å²) in [5, 5.41) is 0. The molecule has 3 aliphatic heterocycles. The zero-order valence-corrected chi connectivity index (χ0v) is 15.6. The number of thioether (sulfide) groups is 1. The summed E-state index contributed by atoms with van der Waals surface area (Å²) in [4.78, 5) is 11.1. The maximum Gasteiger partial charge on any atom is 0.0833 e. The first-order chi connectivity index (χ1) is 11.2. The lowest BCUT2D eigenvalue weighted by atomic mass is 9.88. The van der Waals surface area contributed by atoms with Crippen molar-refractivity contribution in [2.45, 2.75) is 44.4 Å². The Morgan fingerprint density at radius 3 is 2.91 bits per heavy atom. The van der Waals surface area contributed by atoms with Crippen LogP contribution in [-0.4, -0.2) is 70.7 Å². The second kappa shape index (κ2) is 7.00. The Balaban J connectivity index is 1.33. The highest BCUT2D eigenvalue weighted by atomic mass is 32.2. The van der Waals surface area contributed by atoms with Gasteiger partial charge in [0.25, 0.3) is 0 Å². The monoisotopic (exact) mass is 353 g/mol. The SMILES string of the molecule is Cc1ncsc1CN1CCC2(CC1)CN(C1CCSC1)CCO2. The van der Waals surface area contributed by atoms with Crippen molar-refractivity contribution < 1.29 is 4.74 Å². The molecule has 4 rings (SSSR count). The minimum atomic E-state index is 0.130. The van der Waals surface area contributed by atoms with Crippen molar-refractivity contribution in [1.29, 1.82) is 0 Å².